The molecule has 0 unspecified atom stereocenters. The van der Waals surface area contributed by atoms with Gasteiger partial charge in [-0.05, 0) is 38.6 Å². The SMILES string of the molecule is CNCc1c(S(=O)(=O)NCC2(CCOC)CC2)n[nH]c1C. The molecule has 0 radical (unpaired) electrons. The Morgan fingerprint density at radius 3 is 2.71 bits per heavy atom. The second-order valence-electron chi connectivity index (χ2n) is 5.73. The van der Waals surface area contributed by atoms with Gasteiger partial charge in [0.05, 0.1) is 0 Å². The van der Waals surface area contributed by atoms with Crippen LogP contribution in [0.5, 0.6) is 0 Å². The molecule has 0 atom stereocenters. The van der Waals surface area contributed by atoms with E-state index in [0.717, 1.165) is 25.0 Å². The Morgan fingerprint density at radius 2 is 2.14 bits per heavy atom. The highest BCUT2D eigenvalue weighted by molar-refractivity contribution is 7.89. The van der Waals surface area contributed by atoms with Crippen molar-refractivity contribution in [3.05, 3.63) is 11.3 Å². The summed E-state index contributed by atoms with van der Waals surface area (Å²) in [5.41, 5.74) is 1.52. The fourth-order valence-corrected chi connectivity index (χ4v) is 3.71. The van der Waals surface area contributed by atoms with Crippen molar-refractivity contribution in [1.29, 1.82) is 0 Å². The van der Waals surface area contributed by atoms with Crippen LogP contribution in [-0.2, 0) is 21.3 Å². The van der Waals surface area contributed by atoms with E-state index >= 15 is 0 Å². The lowest BCUT2D eigenvalue weighted by molar-refractivity contribution is 0.173. The zero-order valence-electron chi connectivity index (χ0n) is 12.8. The first-order chi connectivity index (χ1) is 9.94. The van der Waals surface area contributed by atoms with Gasteiger partial charge < -0.3 is 10.1 Å². The molecule has 21 heavy (non-hydrogen) atoms. The first kappa shape index (κ1) is 16.4. The molecular weight excluding hydrogens is 292 g/mol. The zero-order valence-corrected chi connectivity index (χ0v) is 13.6. The molecule has 0 saturated heterocycles. The molecule has 0 spiro atoms. The lowest BCUT2D eigenvalue weighted by Gasteiger charge is -2.15. The molecule has 0 bridgehead atoms. The topological polar surface area (TPSA) is 96.1 Å². The number of aryl methyl sites for hydroxylation is 1. The summed E-state index contributed by atoms with van der Waals surface area (Å²) in [6.07, 6.45) is 2.97. The Morgan fingerprint density at radius 1 is 1.43 bits per heavy atom. The first-order valence-corrected chi connectivity index (χ1v) is 8.59. The molecule has 1 fully saturated rings. The molecule has 1 saturated carbocycles. The third-order valence-corrected chi connectivity index (χ3v) is 5.45. The number of nitrogens with one attached hydrogen (secondary N) is 3. The van der Waals surface area contributed by atoms with Crippen LogP contribution in [0.2, 0.25) is 0 Å². The molecular formula is C13H24N4O3S. The largest absolute Gasteiger partial charge is 0.385 e. The second kappa shape index (κ2) is 6.43. The Bertz CT molecular complexity index is 578. The minimum Gasteiger partial charge on any atom is -0.385 e. The quantitative estimate of drug-likeness (QED) is 0.618. The summed E-state index contributed by atoms with van der Waals surface area (Å²) in [6.45, 7) is 3.39. The van der Waals surface area contributed by atoms with Crippen molar-refractivity contribution in [2.24, 2.45) is 5.41 Å². The molecule has 0 aromatic carbocycles. The van der Waals surface area contributed by atoms with Crippen molar-refractivity contribution < 1.29 is 13.2 Å². The summed E-state index contributed by atoms with van der Waals surface area (Å²) in [5, 5.41) is 9.76. The van der Waals surface area contributed by atoms with E-state index in [-0.39, 0.29) is 10.4 Å². The summed E-state index contributed by atoms with van der Waals surface area (Å²) in [7, 11) is -0.142. The Hall–Kier alpha value is -0.960. The van der Waals surface area contributed by atoms with Crippen LogP contribution in [0.4, 0.5) is 0 Å². The zero-order chi connectivity index (χ0) is 15.5. The van der Waals surface area contributed by atoms with Crippen LogP contribution in [0, 0.1) is 12.3 Å². The van der Waals surface area contributed by atoms with Crippen LogP contribution in [0.1, 0.15) is 30.5 Å². The normalized spacial score (nSPS) is 17.1. The number of rotatable bonds is 9. The Kier molecular flexibility index (Phi) is 5.03. The van der Waals surface area contributed by atoms with Crippen LogP contribution in [0.25, 0.3) is 0 Å². The third-order valence-electron chi connectivity index (χ3n) is 4.07. The summed E-state index contributed by atoms with van der Waals surface area (Å²) in [4.78, 5) is 0. The summed E-state index contributed by atoms with van der Waals surface area (Å²) in [5.74, 6) is 0. The molecule has 0 amide bonds. The number of nitrogens with zero attached hydrogens (tertiary/aromatic N) is 1. The van der Waals surface area contributed by atoms with E-state index in [1.165, 1.54) is 0 Å². The van der Waals surface area contributed by atoms with Crippen LogP contribution in [0.3, 0.4) is 0 Å². The number of aromatic amines is 1. The van der Waals surface area contributed by atoms with Gasteiger partial charge >= 0.3 is 0 Å². The highest BCUT2D eigenvalue weighted by Gasteiger charge is 2.43. The number of aromatic nitrogens is 2. The number of methoxy groups -OCH3 is 1. The second-order valence-corrected chi connectivity index (χ2v) is 7.41. The molecule has 1 aromatic heterocycles. The van der Waals surface area contributed by atoms with Crippen molar-refractivity contribution >= 4 is 10.0 Å². The van der Waals surface area contributed by atoms with Gasteiger partial charge in [-0.1, -0.05) is 0 Å². The fraction of sp³-hybridized carbons (Fsp3) is 0.769. The predicted octanol–water partition coefficient (Wildman–Crippen LogP) is 0.533. The molecule has 1 aliphatic carbocycles. The molecule has 3 N–H and O–H groups in total. The van der Waals surface area contributed by atoms with Crippen LogP contribution < -0.4 is 10.0 Å². The molecule has 7 nitrogen and oxygen atoms in total. The number of hydrogen-bond donors (Lipinski definition) is 3. The van der Waals surface area contributed by atoms with Crippen molar-refractivity contribution in [2.45, 2.75) is 37.8 Å². The van der Waals surface area contributed by atoms with E-state index in [1.807, 2.05) is 6.92 Å². The minimum atomic E-state index is -3.58. The van der Waals surface area contributed by atoms with Crippen molar-refractivity contribution in [1.82, 2.24) is 20.2 Å². The van der Waals surface area contributed by atoms with Crippen molar-refractivity contribution in [3.63, 3.8) is 0 Å². The summed E-state index contributed by atoms with van der Waals surface area (Å²) in [6, 6.07) is 0. The number of sulfonamides is 1. The molecule has 1 aliphatic rings. The van der Waals surface area contributed by atoms with Gasteiger partial charge in [-0.3, -0.25) is 5.10 Å². The molecule has 120 valence electrons. The monoisotopic (exact) mass is 316 g/mol. The maximum absolute atomic E-state index is 12.4. The third kappa shape index (κ3) is 3.82. The van der Waals surface area contributed by atoms with E-state index in [2.05, 4.69) is 20.2 Å². The molecule has 1 heterocycles. The smallest absolute Gasteiger partial charge is 0.260 e. The van der Waals surface area contributed by atoms with Crippen LogP contribution >= 0.6 is 0 Å². The number of ether oxygens (including phenoxy) is 1. The predicted molar refractivity (Wildman–Crippen MR) is 79.4 cm³/mol. The fourth-order valence-electron chi connectivity index (χ4n) is 2.36. The van der Waals surface area contributed by atoms with Crippen molar-refractivity contribution in [2.75, 3.05) is 27.3 Å². The van der Waals surface area contributed by atoms with Gasteiger partial charge in [0.25, 0.3) is 10.0 Å². The van der Waals surface area contributed by atoms with Gasteiger partial charge in [-0.15, -0.1) is 0 Å². The number of H-pyrrole nitrogens is 1. The van der Waals surface area contributed by atoms with Crippen LogP contribution in [0.15, 0.2) is 5.03 Å². The first-order valence-electron chi connectivity index (χ1n) is 7.11. The average molecular weight is 316 g/mol. The average Bonchev–Trinajstić information content (AvgIpc) is 3.13. The highest BCUT2D eigenvalue weighted by atomic mass is 32.2. The van der Waals surface area contributed by atoms with E-state index in [9.17, 15) is 8.42 Å². The highest BCUT2D eigenvalue weighted by Crippen LogP contribution is 2.48. The summed E-state index contributed by atoms with van der Waals surface area (Å²) < 4.78 is 32.7. The van der Waals surface area contributed by atoms with E-state index < -0.39 is 10.0 Å². The Balaban J connectivity index is 2.05. The standard InChI is InChI=1S/C13H24N4O3S/c1-10-11(8-14-2)12(17-16-10)21(18,19)15-9-13(4-5-13)6-7-20-3/h14-15H,4-9H2,1-3H3,(H,16,17). The van der Waals surface area contributed by atoms with Gasteiger partial charge in [0.2, 0.25) is 0 Å². The minimum absolute atomic E-state index is 0.0671. The van der Waals surface area contributed by atoms with Gasteiger partial charge in [0.15, 0.2) is 5.03 Å². The Labute approximate surface area is 125 Å². The van der Waals surface area contributed by atoms with Crippen molar-refractivity contribution in [3.8, 4) is 0 Å². The van der Waals surface area contributed by atoms with Gasteiger partial charge in [-0.25, -0.2) is 13.1 Å². The molecule has 8 heteroatoms. The van der Waals surface area contributed by atoms with Gasteiger partial charge in [0.1, 0.15) is 0 Å². The maximum Gasteiger partial charge on any atom is 0.260 e. The van der Waals surface area contributed by atoms with E-state index in [4.69, 9.17) is 4.74 Å². The molecule has 1 aromatic rings. The number of hydrogen-bond acceptors (Lipinski definition) is 5. The van der Waals surface area contributed by atoms with E-state index in [1.54, 1.807) is 14.2 Å². The van der Waals surface area contributed by atoms with Crippen LogP contribution in [-0.4, -0.2) is 45.9 Å². The maximum atomic E-state index is 12.4. The lowest BCUT2D eigenvalue weighted by Crippen LogP contribution is -2.32. The molecule has 2 rings (SSSR count). The summed E-state index contributed by atoms with van der Waals surface area (Å²) >= 11 is 0. The lowest BCUT2D eigenvalue weighted by atomic mass is 10.0. The van der Waals surface area contributed by atoms with Gasteiger partial charge in [-0.2, -0.15) is 5.10 Å². The van der Waals surface area contributed by atoms with Gasteiger partial charge in [0, 0.05) is 38.1 Å². The van der Waals surface area contributed by atoms with E-state index in [0.29, 0.717) is 25.3 Å². The molecule has 0 aliphatic heterocycles.